The minimum atomic E-state index is -0.937. The normalized spacial score (nSPS) is 23.3. The highest BCUT2D eigenvalue weighted by Gasteiger charge is 2.29. The third kappa shape index (κ3) is 3.26. The van der Waals surface area contributed by atoms with Gasteiger partial charge in [-0.3, -0.25) is 0 Å². The minimum absolute atomic E-state index is 0.0734. The maximum atomic E-state index is 11.2. The van der Waals surface area contributed by atoms with E-state index >= 15 is 0 Å². The Labute approximate surface area is 114 Å². The van der Waals surface area contributed by atoms with Gasteiger partial charge in [-0.2, -0.15) is 0 Å². The van der Waals surface area contributed by atoms with Crippen LogP contribution in [0, 0.1) is 0 Å². The van der Waals surface area contributed by atoms with E-state index in [2.05, 4.69) is 19.0 Å². The molecule has 1 fully saturated rings. The van der Waals surface area contributed by atoms with Gasteiger partial charge in [0.15, 0.2) is 0 Å². The average Bonchev–Trinajstić information content (AvgIpc) is 2.39. The van der Waals surface area contributed by atoms with Gasteiger partial charge >= 0.3 is 5.97 Å². The molecule has 1 saturated carbocycles. The lowest BCUT2D eigenvalue weighted by Gasteiger charge is -2.36. The lowest BCUT2D eigenvalue weighted by Crippen LogP contribution is -2.44. The van der Waals surface area contributed by atoms with Crippen molar-refractivity contribution < 1.29 is 14.6 Å². The van der Waals surface area contributed by atoms with Gasteiger partial charge in [-0.1, -0.05) is 18.6 Å². The monoisotopic (exact) mass is 263 g/mol. The molecule has 0 bridgehead atoms. The van der Waals surface area contributed by atoms with Gasteiger partial charge in [0, 0.05) is 6.04 Å². The molecule has 2 atom stereocenters. The summed E-state index contributed by atoms with van der Waals surface area (Å²) in [6, 6.07) is 7.22. The van der Waals surface area contributed by atoms with Crippen LogP contribution in [0.15, 0.2) is 24.3 Å². The molecule has 2 rings (SSSR count). The first kappa shape index (κ1) is 13.9. The summed E-state index contributed by atoms with van der Waals surface area (Å²) in [6.45, 7) is 0. The fraction of sp³-hybridized carbons (Fsp3) is 0.533. The number of rotatable bonds is 4. The van der Waals surface area contributed by atoms with Gasteiger partial charge in [-0.25, -0.2) is 4.79 Å². The number of para-hydroxylation sites is 1. The third-order valence-electron chi connectivity index (χ3n) is 3.73. The second-order valence-electron chi connectivity index (χ2n) is 5.27. The quantitative estimate of drug-likeness (QED) is 0.907. The first-order chi connectivity index (χ1) is 9.09. The Kier molecular flexibility index (Phi) is 4.43. The van der Waals surface area contributed by atoms with Crippen LogP contribution >= 0.6 is 0 Å². The zero-order valence-corrected chi connectivity index (χ0v) is 11.5. The fourth-order valence-corrected chi connectivity index (χ4v) is 2.71. The summed E-state index contributed by atoms with van der Waals surface area (Å²) in [6.07, 6.45) is 4.52. The van der Waals surface area contributed by atoms with Gasteiger partial charge in [0.25, 0.3) is 0 Å². The van der Waals surface area contributed by atoms with Crippen LogP contribution in [-0.4, -0.2) is 42.2 Å². The van der Waals surface area contributed by atoms with Gasteiger partial charge in [0.2, 0.25) is 0 Å². The smallest absolute Gasteiger partial charge is 0.339 e. The Morgan fingerprint density at radius 1 is 1.26 bits per heavy atom. The molecule has 1 aromatic carbocycles. The van der Waals surface area contributed by atoms with Crippen molar-refractivity contribution in [3.63, 3.8) is 0 Å². The molecule has 1 aliphatic rings. The van der Waals surface area contributed by atoms with E-state index in [0.717, 1.165) is 19.3 Å². The summed E-state index contributed by atoms with van der Waals surface area (Å²) in [5, 5.41) is 9.18. The Morgan fingerprint density at radius 2 is 1.95 bits per heavy atom. The summed E-state index contributed by atoms with van der Waals surface area (Å²) < 4.78 is 6.00. The summed E-state index contributed by atoms with van der Waals surface area (Å²) in [4.78, 5) is 13.4. The number of hydrogen-bond donors (Lipinski definition) is 1. The molecular weight excluding hydrogens is 242 g/mol. The first-order valence-electron chi connectivity index (χ1n) is 6.75. The molecule has 0 spiro atoms. The predicted octanol–water partition coefficient (Wildman–Crippen LogP) is 2.64. The van der Waals surface area contributed by atoms with E-state index in [9.17, 15) is 9.90 Å². The third-order valence-corrected chi connectivity index (χ3v) is 3.73. The van der Waals surface area contributed by atoms with Crippen molar-refractivity contribution in [2.75, 3.05) is 14.1 Å². The standard InChI is InChI=1S/C15H21NO3/c1-16(2)12-8-4-6-10-14(12)19-13-9-5-3-7-11(13)15(17)18/h3,5,7,9,12,14H,4,6,8,10H2,1-2H3,(H,17,18). The maximum Gasteiger partial charge on any atom is 0.339 e. The Bertz CT molecular complexity index is 445. The van der Waals surface area contributed by atoms with Crippen molar-refractivity contribution in [3.05, 3.63) is 29.8 Å². The van der Waals surface area contributed by atoms with Crippen LogP contribution in [0.3, 0.4) is 0 Å². The number of aromatic carboxylic acids is 1. The number of carboxylic acid groups (broad SMARTS) is 1. The number of carboxylic acids is 1. The van der Waals surface area contributed by atoms with Crippen LogP contribution < -0.4 is 4.74 Å². The minimum Gasteiger partial charge on any atom is -0.488 e. The van der Waals surface area contributed by atoms with Crippen molar-refractivity contribution in [1.29, 1.82) is 0 Å². The molecule has 104 valence electrons. The lowest BCUT2D eigenvalue weighted by molar-refractivity contribution is 0.0573. The lowest BCUT2D eigenvalue weighted by atomic mass is 9.91. The van der Waals surface area contributed by atoms with Crippen LogP contribution in [0.1, 0.15) is 36.0 Å². The van der Waals surface area contributed by atoms with Gasteiger partial charge in [-0.05, 0) is 45.5 Å². The molecule has 0 aliphatic heterocycles. The SMILES string of the molecule is CN(C)C1CCCCC1Oc1ccccc1C(=O)O. The Balaban J connectivity index is 2.17. The first-order valence-corrected chi connectivity index (χ1v) is 6.75. The van der Waals surface area contributed by atoms with Crippen LogP contribution in [0.4, 0.5) is 0 Å². The fourth-order valence-electron chi connectivity index (χ4n) is 2.71. The molecule has 0 aromatic heterocycles. The van der Waals surface area contributed by atoms with Crippen LogP contribution in [0.5, 0.6) is 5.75 Å². The molecule has 0 heterocycles. The zero-order chi connectivity index (χ0) is 13.8. The van der Waals surface area contributed by atoms with E-state index in [1.165, 1.54) is 6.42 Å². The second-order valence-corrected chi connectivity index (χ2v) is 5.27. The average molecular weight is 263 g/mol. The van der Waals surface area contributed by atoms with E-state index < -0.39 is 5.97 Å². The Morgan fingerprint density at radius 3 is 2.63 bits per heavy atom. The van der Waals surface area contributed by atoms with Crippen molar-refractivity contribution in [1.82, 2.24) is 4.90 Å². The maximum absolute atomic E-state index is 11.2. The summed E-state index contributed by atoms with van der Waals surface area (Å²) in [5.74, 6) is -0.457. The summed E-state index contributed by atoms with van der Waals surface area (Å²) in [5.41, 5.74) is 0.241. The van der Waals surface area contributed by atoms with E-state index in [4.69, 9.17) is 4.74 Å². The molecule has 4 nitrogen and oxygen atoms in total. The summed E-state index contributed by atoms with van der Waals surface area (Å²) in [7, 11) is 4.10. The van der Waals surface area contributed by atoms with Crippen LogP contribution in [0.25, 0.3) is 0 Å². The largest absolute Gasteiger partial charge is 0.488 e. The van der Waals surface area contributed by atoms with Gasteiger partial charge in [0.1, 0.15) is 17.4 Å². The topological polar surface area (TPSA) is 49.8 Å². The molecule has 19 heavy (non-hydrogen) atoms. The highest BCUT2D eigenvalue weighted by atomic mass is 16.5. The molecule has 0 amide bonds. The molecular formula is C15H21NO3. The van der Waals surface area contributed by atoms with Crippen molar-refractivity contribution in [2.45, 2.75) is 37.8 Å². The molecule has 2 unspecified atom stereocenters. The highest BCUT2D eigenvalue weighted by Crippen LogP contribution is 2.28. The van der Waals surface area contributed by atoms with E-state index in [0.29, 0.717) is 11.8 Å². The molecule has 1 aromatic rings. The molecule has 0 saturated heterocycles. The number of benzene rings is 1. The van der Waals surface area contributed by atoms with Gasteiger partial charge < -0.3 is 14.7 Å². The molecule has 1 N–H and O–H groups in total. The number of hydrogen-bond acceptors (Lipinski definition) is 3. The van der Waals surface area contributed by atoms with E-state index in [1.54, 1.807) is 18.2 Å². The van der Waals surface area contributed by atoms with Gasteiger partial charge in [-0.15, -0.1) is 0 Å². The van der Waals surface area contributed by atoms with Crippen molar-refractivity contribution >= 4 is 5.97 Å². The molecule has 0 radical (unpaired) electrons. The number of carbonyl (C=O) groups is 1. The Hall–Kier alpha value is -1.55. The number of nitrogens with zero attached hydrogens (tertiary/aromatic N) is 1. The zero-order valence-electron chi connectivity index (χ0n) is 11.5. The molecule has 1 aliphatic carbocycles. The van der Waals surface area contributed by atoms with Crippen LogP contribution in [-0.2, 0) is 0 Å². The van der Waals surface area contributed by atoms with E-state index in [1.807, 2.05) is 6.07 Å². The summed E-state index contributed by atoms with van der Waals surface area (Å²) >= 11 is 0. The predicted molar refractivity (Wildman–Crippen MR) is 73.8 cm³/mol. The molecule has 4 heteroatoms. The van der Waals surface area contributed by atoms with Gasteiger partial charge in [0.05, 0.1) is 0 Å². The van der Waals surface area contributed by atoms with Crippen LogP contribution in [0.2, 0.25) is 0 Å². The second kappa shape index (κ2) is 6.06. The van der Waals surface area contributed by atoms with Crippen molar-refractivity contribution in [3.8, 4) is 5.75 Å². The van der Waals surface area contributed by atoms with Crippen molar-refractivity contribution in [2.24, 2.45) is 0 Å². The highest BCUT2D eigenvalue weighted by molar-refractivity contribution is 5.90. The number of ether oxygens (including phenoxy) is 1. The van der Waals surface area contributed by atoms with E-state index in [-0.39, 0.29) is 11.7 Å². The number of likely N-dealkylation sites (N-methyl/N-ethyl adjacent to an activating group) is 1.